The van der Waals surface area contributed by atoms with Crippen molar-refractivity contribution in [1.29, 1.82) is 0 Å². The maximum atomic E-state index is 13.5. The van der Waals surface area contributed by atoms with Crippen LogP contribution in [0.3, 0.4) is 0 Å². The van der Waals surface area contributed by atoms with E-state index in [9.17, 15) is 18.0 Å². The number of anilines is 1. The summed E-state index contributed by atoms with van der Waals surface area (Å²) in [6.07, 6.45) is 2.13. The van der Waals surface area contributed by atoms with Gasteiger partial charge in [-0.1, -0.05) is 0 Å². The van der Waals surface area contributed by atoms with Gasteiger partial charge in [-0.3, -0.25) is 4.79 Å². The molecule has 0 aromatic heterocycles. The summed E-state index contributed by atoms with van der Waals surface area (Å²) in [5, 5.41) is 5.28. The smallest absolute Gasteiger partial charge is 0.246 e. The second kappa shape index (κ2) is 9.70. The SMILES string of the molecule is CCNC(=NCC(=O)Nc1ccc(F)c(F)c1F)N1CCCC1.I. The molecule has 1 aromatic carbocycles. The molecule has 0 atom stereocenters. The van der Waals surface area contributed by atoms with Crippen LogP contribution in [0.4, 0.5) is 18.9 Å². The van der Waals surface area contributed by atoms with Crippen LogP contribution in [-0.4, -0.2) is 42.9 Å². The van der Waals surface area contributed by atoms with Crippen LogP contribution in [0.1, 0.15) is 19.8 Å². The minimum absolute atomic E-state index is 0. The molecule has 1 aromatic rings. The number of halogens is 4. The minimum Gasteiger partial charge on any atom is -0.357 e. The number of hydrogen-bond acceptors (Lipinski definition) is 2. The molecule has 0 spiro atoms. The lowest BCUT2D eigenvalue weighted by atomic mass is 10.3. The standard InChI is InChI=1S/C15H19F3N4O.HI/c1-2-19-15(22-7-3-4-8-22)20-9-12(23)21-11-6-5-10(16)13(17)14(11)18;/h5-6H,2-4,7-9H2,1H3,(H,19,20)(H,21,23);1H. The zero-order chi connectivity index (χ0) is 16.8. The number of nitrogens with one attached hydrogen (secondary N) is 2. The number of carbonyl (C=O) groups excluding carboxylic acids is 1. The van der Waals surface area contributed by atoms with Crippen molar-refractivity contribution in [3.63, 3.8) is 0 Å². The molecule has 1 heterocycles. The van der Waals surface area contributed by atoms with Crippen LogP contribution in [0.5, 0.6) is 0 Å². The fourth-order valence-electron chi connectivity index (χ4n) is 2.31. The molecule has 134 valence electrons. The summed E-state index contributed by atoms with van der Waals surface area (Å²) < 4.78 is 39.5. The number of likely N-dealkylation sites (tertiary alicyclic amines) is 1. The predicted molar refractivity (Wildman–Crippen MR) is 97.1 cm³/mol. The topological polar surface area (TPSA) is 56.7 Å². The summed E-state index contributed by atoms with van der Waals surface area (Å²) in [7, 11) is 0. The molecule has 9 heteroatoms. The molecule has 0 saturated carbocycles. The number of guanidine groups is 1. The van der Waals surface area contributed by atoms with E-state index in [1.54, 1.807) is 0 Å². The van der Waals surface area contributed by atoms with Gasteiger partial charge in [0.05, 0.1) is 5.69 Å². The Morgan fingerprint density at radius 2 is 1.88 bits per heavy atom. The molecule has 1 fully saturated rings. The Balaban J connectivity index is 0.00000288. The van der Waals surface area contributed by atoms with E-state index in [1.165, 1.54) is 0 Å². The third-order valence-electron chi connectivity index (χ3n) is 3.42. The van der Waals surface area contributed by atoms with Gasteiger partial charge >= 0.3 is 0 Å². The molecule has 1 amide bonds. The van der Waals surface area contributed by atoms with E-state index < -0.39 is 29.0 Å². The van der Waals surface area contributed by atoms with Crippen molar-refractivity contribution in [1.82, 2.24) is 10.2 Å². The first-order chi connectivity index (χ1) is 11.0. The van der Waals surface area contributed by atoms with Crippen LogP contribution >= 0.6 is 24.0 Å². The summed E-state index contributed by atoms with van der Waals surface area (Å²) in [5.41, 5.74) is -0.407. The van der Waals surface area contributed by atoms with Crippen LogP contribution in [0.25, 0.3) is 0 Å². The first-order valence-corrected chi connectivity index (χ1v) is 7.49. The third kappa shape index (κ3) is 5.25. The lowest BCUT2D eigenvalue weighted by Gasteiger charge is -2.20. The average molecular weight is 456 g/mol. The molecule has 1 aliphatic heterocycles. The Morgan fingerprint density at radius 1 is 1.21 bits per heavy atom. The van der Waals surface area contributed by atoms with Crippen LogP contribution in [-0.2, 0) is 4.79 Å². The lowest BCUT2D eigenvalue weighted by molar-refractivity contribution is -0.114. The monoisotopic (exact) mass is 456 g/mol. The number of rotatable bonds is 4. The van der Waals surface area contributed by atoms with Gasteiger partial charge in [0.25, 0.3) is 0 Å². The summed E-state index contributed by atoms with van der Waals surface area (Å²) in [6.45, 7) is 4.07. The summed E-state index contributed by atoms with van der Waals surface area (Å²) in [4.78, 5) is 18.1. The van der Waals surface area contributed by atoms with Crippen LogP contribution < -0.4 is 10.6 Å². The number of hydrogen-bond donors (Lipinski definition) is 2. The maximum Gasteiger partial charge on any atom is 0.246 e. The van der Waals surface area contributed by atoms with Gasteiger partial charge in [0.2, 0.25) is 5.91 Å². The van der Waals surface area contributed by atoms with Crippen molar-refractivity contribution in [3.05, 3.63) is 29.6 Å². The zero-order valence-corrected chi connectivity index (χ0v) is 15.6. The van der Waals surface area contributed by atoms with Crippen molar-refractivity contribution >= 4 is 41.5 Å². The minimum atomic E-state index is -1.61. The van der Waals surface area contributed by atoms with Crippen LogP contribution in [0.2, 0.25) is 0 Å². The van der Waals surface area contributed by atoms with Crippen LogP contribution in [0, 0.1) is 17.5 Å². The highest BCUT2D eigenvalue weighted by atomic mass is 127. The van der Waals surface area contributed by atoms with Crippen molar-refractivity contribution < 1.29 is 18.0 Å². The van der Waals surface area contributed by atoms with E-state index in [1.807, 2.05) is 11.8 Å². The number of aliphatic imine (C=N–C) groups is 1. The van der Waals surface area contributed by atoms with Crippen molar-refractivity contribution in [2.24, 2.45) is 4.99 Å². The normalized spacial score (nSPS) is 14.3. The van der Waals surface area contributed by atoms with E-state index in [4.69, 9.17) is 0 Å². The van der Waals surface area contributed by atoms with Crippen molar-refractivity contribution in [2.75, 3.05) is 31.5 Å². The molecule has 2 N–H and O–H groups in total. The van der Waals surface area contributed by atoms with Gasteiger partial charge in [-0.05, 0) is 31.9 Å². The molecular formula is C15H20F3IN4O. The molecule has 24 heavy (non-hydrogen) atoms. The van der Waals surface area contributed by atoms with Gasteiger partial charge in [0, 0.05) is 19.6 Å². The van der Waals surface area contributed by atoms with Gasteiger partial charge in [-0.15, -0.1) is 24.0 Å². The summed E-state index contributed by atoms with van der Waals surface area (Å²) in [6, 6.07) is 1.73. The van der Waals surface area contributed by atoms with Gasteiger partial charge in [0.1, 0.15) is 6.54 Å². The second-order valence-electron chi connectivity index (χ2n) is 5.14. The zero-order valence-electron chi connectivity index (χ0n) is 13.2. The van der Waals surface area contributed by atoms with Gasteiger partial charge < -0.3 is 15.5 Å². The van der Waals surface area contributed by atoms with Gasteiger partial charge in [-0.2, -0.15) is 0 Å². The summed E-state index contributed by atoms with van der Waals surface area (Å²) >= 11 is 0. The molecule has 0 aliphatic carbocycles. The first-order valence-electron chi connectivity index (χ1n) is 7.49. The predicted octanol–water partition coefficient (Wildman–Crippen LogP) is 2.72. The molecule has 5 nitrogen and oxygen atoms in total. The Kier molecular flexibility index (Phi) is 8.29. The van der Waals surface area contributed by atoms with Gasteiger partial charge in [0.15, 0.2) is 23.4 Å². The third-order valence-corrected chi connectivity index (χ3v) is 3.42. The summed E-state index contributed by atoms with van der Waals surface area (Å²) in [5.74, 6) is -4.33. The largest absolute Gasteiger partial charge is 0.357 e. The Labute approximate surface area is 155 Å². The van der Waals surface area contributed by atoms with Crippen molar-refractivity contribution in [2.45, 2.75) is 19.8 Å². The molecule has 2 rings (SSSR count). The molecule has 0 bridgehead atoms. The number of carbonyl (C=O) groups is 1. The van der Waals surface area contributed by atoms with Crippen LogP contribution in [0.15, 0.2) is 17.1 Å². The quantitative estimate of drug-likeness (QED) is 0.317. The molecular weight excluding hydrogens is 436 g/mol. The highest BCUT2D eigenvalue weighted by Gasteiger charge is 2.17. The molecule has 0 radical (unpaired) electrons. The van der Waals surface area contributed by atoms with E-state index in [0.717, 1.165) is 38.1 Å². The average Bonchev–Trinajstić information content (AvgIpc) is 3.06. The lowest BCUT2D eigenvalue weighted by Crippen LogP contribution is -2.40. The fraction of sp³-hybridized carbons (Fsp3) is 0.467. The molecule has 1 aliphatic rings. The highest BCUT2D eigenvalue weighted by molar-refractivity contribution is 14.0. The van der Waals surface area contributed by atoms with Gasteiger partial charge in [-0.25, -0.2) is 18.2 Å². The maximum absolute atomic E-state index is 13.5. The van der Waals surface area contributed by atoms with E-state index in [0.29, 0.717) is 12.5 Å². The molecule has 0 unspecified atom stereocenters. The van der Waals surface area contributed by atoms with E-state index in [-0.39, 0.29) is 30.5 Å². The van der Waals surface area contributed by atoms with Crippen molar-refractivity contribution in [3.8, 4) is 0 Å². The first kappa shape index (κ1) is 20.5. The molecule has 1 saturated heterocycles. The Morgan fingerprint density at radius 3 is 2.50 bits per heavy atom. The van der Waals surface area contributed by atoms with E-state index >= 15 is 0 Å². The number of benzene rings is 1. The second-order valence-corrected chi connectivity index (χ2v) is 5.14. The number of nitrogens with zero attached hydrogens (tertiary/aromatic N) is 2. The highest BCUT2D eigenvalue weighted by Crippen LogP contribution is 2.19. The fourth-order valence-corrected chi connectivity index (χ4v) is 2.31. The van der Waals surface area contributed by atoms with E-state index in [2.05, 4.69) is 15.6 Å². The Hall–Kier alpha value is -1.52. The number of amides is 1. The Bertz CT molecular complexity index is 607.